The van der Waals surface area contributed by atoms with E-state index in [2.05, 4.69) is 9.26 Å². The van der Waals surface area contributed by atoms with Gasteiger partial charge in [-0.2, -0.15) is 0 Å². The Balaban J connectivity index is 2.07. The predicted molar refractivity (Wildman–Crippen MR) is 106 cm³/mol. The summed E-state index contributed by atoms with van der Waals surface area (Å²) >= 11 is 0. The van der Waals surface area contributed by atoms with Crippen molar-refractivity contribution in [3.8, 4) is 5.75 Å². The summed E-state index contributed by atoms with van der Waals surface area (Å²) in [6.45, 7) is -0.794. The molecule has 1 unspecified atom stereocenters. The monoisotopic (exact) mass is 525 g/mol. The quantitative estimate of drug-likeness (QED) is 0.368. The zero-order valence-electron chi connectivity index (χ0n) is 16.6. The molecule has 10 nitrogen and oxygen atoms in total. The lowest BCUT2D eigenvalue weighted by atomic mass is 10.1. The Morgan fingerprint density at radius 1 is 1.09 bits per heavy atom. The highest BCUT2D eigenvalue weighted by atomic mass is 32.2. The fraction of sp³-hybridized carbons (Fsp3) is 0.625. The molecule has 32 heavy (non-hydrogen) atoms. The first-order valence-corrected chi connectivity index (χ1v) is 14.2. The van der Waals surface area contributed by atoms with Crippen molar-refractivity contribution < 1.29 is 53.6 Å². The van der Waals surface area contributed by atoms with Gasteiger partial charge in [-0.25, -0.2) is 26.1 Å². The molecule has 1 aliphatic carbocycles. The smallest absolute Gasteiger partial charge is 0.406 e. The molecular weight excluding hydrogens is 502 g/mol. The van der Waals surface area contributed by atoms with E-state index in [1.165, 1.54) is 0 Å². The average molecular weight is 525 g/mol. The molecule has 184 valence electrons. The Kier molecular flexibility index (Phi) is 8.76. The summed E-state index contributed by atoms with van der Waals surface area (Å²) in [7, 11) is -13.3. The van der Waals surface area contributed by atoms with E-state index in [0.717, 1.165) is 37.1 Å². The minimum Gasteiger partial charge on any atom is -0.406 e. The third-order valence-electron chi connectivity index (χ3n) is 4.56. The first-order valence-electron chi connectivity index (χ1n) is 9.34. The maximum absolute atomic E-state index is 12.4. The van der Waals surface area contributed by atoms with Crippen LogP contribution in [0.25, 0.3) is 0 Å². The van der Waals surface area contributed by atoms with Gasteiger partial charge in [-0.15, -0.1) is 13.2 Å². The lowest BCUT2D eigenvalue weighted by Gasteiger charge is -2.20. The first-order chi connectivity index (χ1) is 14.5. The van der Waals surface area contributed by atoms with E-state index < -0.39 is 63.1 Å². The van der Waals surface area contributed by atoms with Crippen LogP contribution in [0.3, 0.4) is 0 Å². The molecule has 1 aromatic carbocycles. The van der Waals surface area contributed by atoms with Crippen LogP contribution >= 0.6 is 7.82 Å². The number of alkyl halides is 3. The summed E-state index contributed by atoms with van der Waals surface area (Å²) < 4.78 is 107. The van der Waals surface area contributed by atoms with Gasteiger partial charge in [-0.05, 0) is 43.0 Å². The van der Waals surface area contributed by atoms with Gasteiger partial charge in [0.15, 0.2) is 9.84 Å². The highest BCUT2D eigenvalue weighted by Crippen LogP contribution is 2.38. The molecule has 1 fully saturated rings. The molecule has 0 saturated heterocycles. The zero-order chi connectivity index (χ0) is 24.2. The number of benzene rings is 1. The predicted octanol–water partition coefficient (Wildman–Crippen LogP) is 1.95. The van der Waals surface area contributed by atoms with Crippen molar-refractivity contribution in [3.63, 3.8) is 0 Å². The molecule has 2 rings (SSSR count). The van der Waals surface area contributed by atoms with Crippen molar-refractivity contribution in [2.24, 2.45) is 5.92 Å². The molecule has 0 radical (unpaired) electrons. The Labute approximate surface area is 183 Å². The highest BCUT2D eigenvalue weighted by Gasteiger charge is 2.32. The number of rotatable bonds is 11. The Bertz CT molecular complexity index is 1020. The van der Waals surface area contributed by atoms with Crippen molar-refractivity contribution in [2.45, 2.75) is 43.0 Å². The fourth-order valence-corrected chi connectivity index (χ4v) is 6.96. The van der Waals surface area contributed by atoms with Crippen LogP contribution in [0.4, 0.5) is 13.2 Å². The molecule has 0 aliphatic heterocycles. The molecule has 1 aromatic rings. The lowest BCUT2D eigenvalue weighted by Crippen LogP contribution is -2.38. The van der Waals surface area contributed by atoms with Gasteiger partial charge in [0.1, 0.15) is 5.75 Å². The summed E-state index contributed by atoms with van der Waals surface area (Å²) in [6, 6.07) is 3.16. The third kappa shape index (κ3) is 9.73. The van der Waals surface area contributed by atoms with Crippen LogP contribution in [0.1, 0.15) is 25.7 Å². The van der Waals surface area contributed by atoms with Crippen LogP contribution in [-0.4, -0.2) is 57.1 Å². The maximum atomic E-state index is 12.4. The summed E-state index contributed by atoms with van der Waals surface area (Å²) in [6.07, 6.45) is -3.46. The van der Waals surface area contributed by atoms with E-state index in [1.807, 2.05) is 4.72 Å². The Morgan fingerprint density at radius 3 is 2.16 bits per heavy atom. The van der Waals surface area contributed by atoms with Crippen molar-refractivity contribution in [1.29, 1.82) is 0 Å². The van der Waals surface area contributed by atoms with Crippen molar-refractivity contribution >= 4 is 27.7 Å². The lowest BCUT2D eigenvalue weighted by molar-refractivity contribution is -0.274. The second-order valence-electron chi connectivity index (χ2n) is 7.32. The third-order valence-corrected chi connectivity index (χ3v) is 8.43. The minimum absolute atomic E-state index is 0.0789. The molecule has 0 heterocycles. The van der Waals surface area contributed by atoms with Gasteiger partial charge < -0.3 is 14.5 Å². The molecular formula is C16H23F3NO9PS2. The van der Waals surface area contributed by atoms with Gasteiger partial charge in [0.05, 0.1) is 22.5 Å². The molecule has 0 spiro atoms. The van der Waals surface area contributed by atoms with E-state index in [4.69, 9.17) is 9.79 Å². The number of hydrogen-bond acceptors (Lipinski definition) is 7. The summed E-state index contributed by atoms with van der Waals surface area (Å²) in [5.74, 6) is -1.77. The number of sulfonamides is 1. The second kappa shape index (κ2) is 10.4. The largest absolute Gasteiger partial charge is 0.573 e. The van der Waals surface area contributed by atoms with Gasteiger partial charge >= 0.3 is 14.2 Å². The molecule has 0 aromatic heterocycles. The molecule has 3 N–H and O–H groups in total. The summed E-state index contributed by atoms with van der Waals surface area (Å²) in [5, 5.41) is 0. The van der Waals surface area contributed by atoms with Crippen LogP contribution < -0.4 is 9.46 Å². The van der Waals surface area contributed by atoms with Gasteiger partial charge in [0, 0.05) is 6.54 Å². The summed E-state index contributed by atoms with van der Waals surface area (Å²) in [5.41, 5.74) is 0. The van der Waals surface area contributed by atoms with Gasteiger partial charge in [-0.1, -0.05) is 12.8 Å². The van der Waals surface area contributed by atoms with Gasteiger partial charge in [0.2, 0.25) is 10.0 Å². The van der Waals surface area contributed by atoms with Crippen LogP contribution in [0.15, 0.2) is 29.2 Å². The molecule has 0 bridgehead atoms. The Morgan fingerprint density at radius 2 is 1.66 bits per heavy atom. The molecule has 16 heteroatoms. The van der Waals surface area contributed by atoms with Crippen molar-refractivity contribution in [3.05, 3.63) is 24.3 Å². The second-order valence-corrected chi connectivity index (χ2v) is 12.4. The van der Waals surface area contributed by atoms with Crippen LogP contribution in [0, 0.1) is 5.92 Å². The molecule has 1 aliphatic rings. The van der Waals surface area contributed by atoms with E-state index in [-0.39, 0.29) is 11.7 Å². The minimum atomic E-state index is -5.15. The SMILES string of the molecule is O=P(O)(O)OC(CNS(=O)(=O)c1ccc(OC(F)(F)F)cc1)CS(=O)(=O)CC1CCCC1. The maximum Gasteiger partial charge on any atom is 0.573 e. The fourth-order valence-electron chi connectivity index (χ4n) is 3.31. The average Bonchev–Trinajstić information content (AvgIpc) is 3.09. The Hall–Kier alpha value is -1.22. The van der Waals surface area contributed by atoms with E-state index >= 15 is 0 Å². The number of nitrogens with one attached hydrogen (secondary N) is 1. The zero-order valence-corrected chi connectivity index (χ0v) is 19.1. The molecule has 1 atom stereocenters. The van der Waals surface area contributed by atoms with Gasteiger partial charge in [-0.3, -0.25) is 4.52 Å². The van der Waals surface area contributed by atoms with E-state index in [9.17, 15) is 34.6 Å². The topological polar surface area (TPSA) is 156 Å². The molecule has 1 saturated carbocycles. The van der Waals surface area contributed by atoms with E-state index in [0.29, 0.717) is 12.8 Å². The number of ether oxygens (including phenoxy) is 1. The van der Waals surface area contributed by atoms with Gasteiger partial charge in [0.25, 0.3) is 0 Å². The highest BCUT2D eigenvalue weighted by molar-refractivity contribution is 7.91. The first kappa shape index (κ1) is 27.0. The summed E-state index contributed by atoms with van der Waals surface area (Å²) in [4.78, 5) is 17.6. The van der Waals surface area contributed by atoms with Crippen LogP contribution in [0.5, 0.6) is 5.75 Å². The number of hydrogen-bond donors (Lipinski definition) is 3. The van der Waals surface area contributed by atoms with Crippen LogP contribution in [0.2, 0.25) is 0 Å². The number of phosphoric acid groups is 1. The van der Waals surface area contributed by atoms with Crippen molar-refractivity contribution in [2.75, 3.05) is 18.1 Å². The number of phosphoric ester groups is 1. The normalized spacial score (nSPS) is 17.4. The van der Waals surface area contributed by atoms with Crippen molar-refractivity contribution in [1.82, 2.24) is 4.72 Å². The number of sulfone groups is 1. The van der Waals surface area contributed by atoms with Crippen LogP contribution in [-0.2, 0) is 28.9 Å². The molecule has 0 amide bonds. The van der Waals surface area contributed by atoms with E-state index in [1.54, 1.807) is 0 Å². The standard InChI is InChI=1S/C16H23F3NO9PS2/c17-16(18,19)28-13-5-7-15(8-6-13)32(26,27)20-9-14(29-30(21,22)23)11-31(24,25)10-12-3-1-2-4-12/h5-8,12,14,20H,1-4,9-11H2,(H2,21,22,23). The number of halogens is 3.